The molecule has 0 radical (unpaired) electrons. The minimum atomic E-state index is -0.685. The van der Waals surface area contributed by atoms with E-state index >= 15 is 0 Å². The third kappa shape index (κ3) is 4.48. The third-order valence-electron chi connectivity index (χ3n) is 4.24. The minimum absolute atomic E-state index is 0.596. The molecule has 0 aliphatic heterocycles. The number of benzene rings is 3. The van der Waals surface area contributed by atoms with Crippen molar-refractivity contribution in [2.75, 3.05) is 10.6 Å². The van der Waals surface area contributed by atoms with E-state index in [1.165, 1.54) is 5.56 Å². The number of hydrogen-bond donors (Lipinski definition) is 2. The van der Waals surface area contributed by atoms with Crippen LogP contribution in [-0.4, -0.2) is 11.8 Å². The monoisotopic (exact) mass is 346 g/mol. The highest BCUT2D eigenvalue weighted by Crippen LogP contribution is 2.19. The molecular formula is C22H22N2O2. The van der Waals surface area contributed by atoms with Crippen LogP contribution < -0.4 is 10.6 Å². The van der Waals surface area contributed by atoms with Gasteiger partial charge in [-0.2, -0.15) is 0 Å². The lowest BCUT2D eigenvalue weighted by atomic mass is 10.1. The summed E-state index contributed by atoms with van der Waals surface area (Å²) in [4.78, 5) is 24.3. The first kappa shape index (κ1) is 17.7. The molecule has 0 atom stereocenters. The highest BCUT2D eigenvalue weighted by Gasteiger charge is 2.14. The fourth-order valence-corrected chi connectivity index (χ4v) is 2.78. The minimum Gasteiger partial charge on any atom is -0.318 e. The number of nitrogens with one attached hydrogen (secondary N) is 2. The van der Waals surface area contributed by atoms with Crippen molar-refractivity contribution in [2.45, 2.75) is 26.2 Å². The van der Waals surface area contributed by atoms with Crippen LogP contribution in [0.2, 0.25) is 0 Å². The fourth-order valence-electron chi connectivity index (χ4n) is 2.78. The molecule has 0 aromatic heterocycles. The number of hydrogen-bond acceptors (Lipinski definition) is 2. The molecule has 0 unspecified atom stereocenters. The van der Waals surface area contributed by atoms with Gasteiger partial charge >= 0.3 is 11.8 Å². The summed E-state index contributed by atoms with van der Waals surface area (Å²) in [7, 11) is 0. The van der Waals surface area contributed by atoms with Crippen molar-refractivity contribution in [3.63, 3.8) is 0 Å². The number of carbonyl (C=O) groups is 2. The number of fused-ring (bicyclic) bond motifs is 1. The largest absolute Gasteiger partial charge is 0.318 e. The molecule has 0 aliphatic carbocycles. The van der Waals surface area contributed by atoms with Crippen molar-refractivity contribution >= 4 is 34.0 Å². The Morgan fingerprint density at radius 2 is 1.38 bits per heavy atom. The fraction of sp³-hybridized carbons (Fsp3) is 0.182. The molecular weight excluding hydrogens is 324 g/mol. The summed E-state index contributed by atoms with van der Waals surface area (Å²) < 4.78 is 0. The maximum Gasteiger partial charge on any atom is 0.314 e. The van der Waals surface area contributed by atoms with Crippen molar-refractivity contribution in [1.82, 2.24) is 0 Å². The predicted molar refractivity (Wildman–Crippen MR) is 106 cm³/mol. The van der Waals surface area contributed by atoms with E-state index in [-0.39, 0.29) is 0 Å². The van der Waals surface area contributed by atoms with E-state index in [1.54, 1.807) is 6.07 Å². The summed E-state index contributed by atoms with van der Waals surface area (Å²) in [5.41, 5.74) is 2.44. The Hall–Kier alpha value is -3.14. The molecule has 3 aromatic rings. The molecule has 2 N–H and O–H groups in total. The zero-order valence-electron chi connectivity index (χ0n) is 14.8. The molecule has 4 nitrogen and oxygen atoms in total. The second-order valence-corrected chi connectivity index (χ2v) is 6.27. The molecule has 26 heavy (non-hydrogen) atoms. The van der Waals surface area contributed by atoms with Crippen LogP contribution in [0, 0.1) is 0 Å². The van der Waals surface area contributed by atoms with Gasteiger partial charge in [-0.05, 0) is 53.4 Å². The Labute approximate surface area is 153 Å². The number of anilines is 2. The molecule has 0 saturated heterocycles. The smallest absolute Gasteiger partial charge is 0.314 e. The lowest BCUT2D eigenvalue weighted by Crippen LogP contribution is -2.29. The van der Waals surface area contributed by atoms with Crippen LogP contribution in [0.25, 0.3) is 10.8 Å². The van der Waals surface area contributed by atoms with Crippen LogP contribution in [0.4, 0.5) is 11.4 Å². The van der Waals surface area contributed by atoms with Gasteiger partial charge in [0.2, 0.25) is 0 Å². The van der Waals surface area contributed by atoms with E-state index in [0.29, 0.717) is 11.4 Å². The molecule has 0 spiro atoms. The SMILES string of the molecule is CCCCc1ccc(NC(=O)C(=O)Nc2ccc3ccccc3c2)cc1. The normalized spacial score (nSPS) is 10.5. The Bertz CT molecular complexity index is 917. The van der Waals surface area contributed by atoms with E-state index in [0.717, 1.165) is 30.0 Å². The summed E-state index contributed by atoms with van der Waals surface area (Å²) in [6.07, 6.45) is 3.31. The van der Waals surface area contributed by atoms with Crippen LogP contribution in [0.3, 0.4) is 0 Å². The number of rotatable bonds is 5. The van der Waals surface area contributed by atoms with E-state index in [4.69, 9.17) is 0 Å². The van der Waals surface area contributed by atoms with Gasteiger partial charge < -0.3 is 10.6 Å². The number of carbonyl (C=O) groups excluding carboxylic acids is 2. The third-order valence-corrected chi connectivity index (χ3v) is 4.24. The van der Waals surface area contributed by atoms with Gasteiger partial charge in [-0.3, -0.25) is 9.59 Å². The summed E-state index contributed by atoms with van der Waals surface area (Å²) >= 11 is 0. The molecule has 2 amide bonds. The van der Waals surface area contributed by atoms with E-state index < -0.39 is 11.8 Å². The van der Waals surface area contributed by atoms with E-state index in [2.05, 4.69) is 17.6 Å². The first-order valence-electron chi connectivity index (χ1n) is 8.86. The van der Waals surface area contributed by atoms with Crippen molar-refractivity contribution in [3.8, 4) is 0 Å². The molecule has 4 heteroatoms. The van der Waals surface area contributed by atoms with Crippen molar-refractivity contribution in [2.24, 2.45) is 0 Å². The van der Waals surface area contributed by atoms with Crippen molar-refractivity contribution in [3.05, 3.63) is 72.3 Å². The Morgan fingerprint density at radius 1 is 0.769 bits per heavy atom. The van der Waals surface area contributed by atoms with E-state index in [9.17, 15) is 9.59 Å². The summed E-state index contributed by atoms with van der Waals surface area (Å²) in [6.45, 7) is 2.16. The highest BCUT2D eigenvalue weighted by molar-refractivity contribution is 6.43. The molecule has 0 bridgehead atoms. The molecule has 0 fully saturated rings. The van der Waals surface area contributed by atoms with Crippen molar-refractivity contribution in [1.29, 1.82) is 0 Å². The highest BCUT2D eigenvalue weighted by atomic mass is 16.2. The number of amides is 2. The summed E-state index contributed by atoms with van der Waals surface area (Å²) in [5.74, 6) is -1.37. The average Bonchev–Trinajstić information content (AvgIpc) is 2.67. The van der Waals surface area contributed by atoms with Gasteiger partial charge in [-0.25, -0.2) is 0 Å². The Balaban J connectivity index is 1.61. The second-order valence-electron chi connectivity index (χ2n) is 6.27. The van der Waals surface area contributed by atoms with Gasteiger partial charge in [0.05, 0.1) is 0 Å². The first-order chi connectivity index (χ1) is 12.7. The molecule has 0 aliphatic rings. The maximum absolute atomic E-state index is 12.1. The molecule has 0 heterocycles. The predicted octanol–water partition coefficient (Wildman–Crippen LogP) is 4.76. The lowest BCUT2D eigenvalue weighted by Gasteiger charge is -2.08. The van der Waals surface area contributed by atoms with Gasteiger partial charge in [0.25, 0.3) is 0 Å². The van der Waals surface area contributed by atoms with Crippen LogP contribution in [0.5, 0.6) is 0 Å². The van der Waals surface area contributed by atoms with Gasteiger partial charge in [0.1, 0.15) is 0 Å². The van der Waals surface area contributed by atoms with Crippen molar-refractivity contribution < 1.29 is 9.59 Å². The summed E-state index contributed by atoms with van der Waals surface area (Å²) in [6, 6.07) is 21.0. The first-order valence-corrected chi connectivity index (χ1v) is 8.86. The zero-order valence-corrected chi connectivity index (χ0v) is 14.8. The van der Waals surface area contributed by atoms with Gasteiger partial charge in [0, 0.05) is 11.4 Å². The number of aryl methyl sites for hydroxylation is 1. The topological polar surface area (TPSA) is 58.2 Å². The van der Waals surface area contributed by atoms with Gasteiger partial charge in [-0.15, -0.1) is 0 Å². The molecule has 0 saturated carbocycles. The van der Waals surface area contributed by atoms with Crippen LogP contribution >= 0.6 is 0 Å². The van der Waals surface area contributed by atoms with Gasteiger partial charge in [-0.1, -0.05) is 55.8 Å². The molecule has 132 valence electrons. The molecule has 3 rings (SSSR count). The second kappa shape index (κ2) is 8.30. The van der Waals surface area contributed by atoms with Crippen LogP contribution in [0.1, 0.15) is 25.3 Å². The Kier molecular flexibility index (Phi) is 5.64. The average molecular weight is 346 g/mol. The zero-order chi connectivity index (χ0) is 18.4. The van der Waals surface area contributed by atoms with E-state index in [1.807, 2.05) is 60.7 Å². The lowest BCUT2D eigenvalue weighted by molar-refractivity contribution is -0.132. The number of unbranched alkanes of at least 4 members (excludes halogenated alkanes) is 1. The van der Waals surface area contributed by atoms with Gasteiger partial charge in [0.15, 0.2) is 0 Å². The maximum atomic E-state index is 12.1. The Morgan fingerprint density at radius 3 is 2.08 bits per heavy atom. The quantitative estimate of drug-likeness (QED) is 0.654. The standard InChI is InChI=1S/C22H22N2O2/c1-2-3-6-16-9-12-19(13-10-16)23-21(25)22(26)24-20-14-11-17-7-4-5-8-18(17)15-20/h4-5,7-15H,2-3,6H2,1H3,(H,23,25)(H,24,26). The summed E-state index contributed by atoms with van der Waals surface area (Å²) in [5, 5.41) is 7.36. The van der Waals surface area contributed by atoms with Crippen LogP contribution in [0.15, 0.2) is 66.7 Å². The molecule has 3 aromatic carbocycles. The van der Waals surface area contributed by atoms with Crippen LogP contribution in [-0.2, 0) is 16.0 Å².